The third-order valence-electron chi connectivity index (χ3n) is 4.39. The predicted molar refractivity (Wildman–Crippen MR) is 114 cm³/mol. The first-order valence-electron chi connectivity index (χ1n) is 9.46. The van der Waals surface area contributed by atoms with E-state index < -0.39 is 6.04 Å². The molecule has 0 aliphatic rings. The molecule has 0 bridgehead atoms. The summed E-state index contributed by atoms with van der Waals surface area (Å²) in [6, 6.07) is 23.6. The summed E-state index contributed by atoms with van der Waals surface area (Å²) in [6.45, 7) is 4.05. The van der Waals surface area contributed by atoms with Crippen molar-refractivity contribution in [2.24, 2.45) is 0 Å². The monoisotopic (exact) mass is 388 g/mol. The van der Waals surface area contributed by atoms with Crippen molar-refractivity contribution in [1.82, 2.24) is 5.32 Å². The number of aryl methyl sites for hydroxylation is 1. The van der Waals surface area contributed by atoms with Gasteiger partial charge in [-0.25, -0.2) is 0 Å². The quantitative estimate of drug-likeness (QED) is 0.633. The van der Waals surface area contributed by atoms with E-state index in [1.54, 1.807) is 43.3 Å². The molecule has 0 radical (unpaired) electrons. The Morgan fingerprint density at radius 3 is 2.34 bits per heavy atom. The van der Waals surface area contributed by atoms with Crippen molar-refractivity contribution < 1.29 is 14.3 Å². The Labute approximate surface area is 170 Å². The molecule has 0 saturated heterocycles. The minimum Gasteiger partial charge on any atom is -0.489 e. The van der Waals surface area contributed by atoms with Gasteiger partial charge in [-0.3, -0.25) is 9.59 Å². The molecule has 0 aliphatic carbocycles. The number of carbonyl (C=O) groups is 2. The summed E-state index contributed by atoms with van der Waals surface area (Å²) in [5.41, 5.74) is 3.25. The summed E-state index contributed by atoms with van der Waals surface area (Å²) in [5, 5.41) is 5.52. The second-order valence-electron chi connectivity index (χ2n) is 6.85. The lowest BCUT2D eigenvalue weighted by atomic mass is 10.1. The molecule has 3 aromatic rings. The molecule has 0 saturated carbocycles. The van der Waals surface area contributed by atoms with Gasteiger partial charge in [0.1, 0.15) is 18.4 Å². The smallest absolute Gasteiger partial charge is 0.251 e. The van der Waals surface area contributed by atoms with Gasteiger partial charge in [-0.15, -0.1) is 0 Å². The van der Waals surface area contributed by atoms with Crippen LogP contribution in [0.4, 0.5) is 5.69 Å². The molecule has 0 aromatic heterocycles. The van der Waals surface area contributed by atoms with E-state index in [2.05, 4.69) is 10.6 Å². The van der Waals surface area contributed by atoms with Crippen LogP contribution >= 0.6 is 0 Å². The fourth-order valence-electron chi connectivity index (χ4n) is 2.76. The third-order valence-corrected chi connectivity index (χ3v) is 4.39. The summed E-state index contributed by atoms with van der Waals surface area (Å²) in [6.07, 6.45) is 0. The van der Waals surface area contributed by atoms with E-state index in [1.165, 1.54) is 0 Å². The second kappa shape index (κ2) is 9.55. The van der Waals surface area contributed by atoms with Gasteiger partial charge in [0.15, 0.2) is 0 Å². The third kappa shape index (κ3) is 5.94. The Kier molecular flexibility index (Phi) is 6.63. The number of hydrogen-bond acceptors (Lipinski definition) is 3. The van der Waals surface area contributed by atoms with E-state index in [4.69, 9.17) is 4.74 Å². The highest BCUT2D eigenvalue weighted by molar-refractivity contribution is 6.01. The van der Waals surface area contributed by atoms with Crippen LogP contribution < -0.4 is 15.4 Å². The highest BCUT2D eigenvalue weighted by atomic mass is 16.5. The first kappa shape index (κ1) is 20.1. The number of rotatable bonds is 7. The lowest BCUT2D eigenvalue weighted by molar-refractivity contribution is -0.117. The number of nitrogens with one attached hydrogen (secondary N) is 2. The first-order chi connectivity index (χ1) is 14.0. The zero-order valence-electron chi connectivity index (χ0n) is 16.5. The van der Waals surface area contributed by atoms with E-state index in [9.17, 15) is 9.59 Å². The van der Waals surface area contributed by atoms with Crippen LogP contribution in [0.25, 0.3) is 0 Å². The first-order valence-corrected chi connectivity index (χ1v) is 9.46. The SMILES string of the molecule is Cc1cccc(C(=O)NC(C)C(=O)Nc2ccc(OCc3ccccc3)cc2)c1. The van der Waals surface area contributed by atoms with Gasteiger partial charge in [0, 0.05) is 11.3 Å². The average Bonchev–Trinajstić information content (AvgIpc) is 2.74. The lowest BCUT2D eigenvalue weighted by Crippen LogP contribution is -2.41. The van der Waals surface area contributed by atoms with E-state index >= 15 is 0 Å². The number of ether oxygens (including phenoxy) is 1. The Balaban J connectivity index is 1.51. The molecule has 3 rings (SSSR count). The topological polar surface area (TPSA) is 67.4 Å². The second-order valence-corrected chi connectivity index (χ2v) is 6.85. The minimum atomic E-state index is -0.669. The maximum absolute atomic E-state index is 12.4. The van der Waals surface area contributed by atoms with Crippen molar-refractivity contribution in [3.63, 3.8) is 0 Å². The standard InChI is InChI=1S/C24H24N2O3/c1-17-7-6-10-20(15-17)24(28)25-18(2)23(27)26-21-11-13-22(14-12-21)29-16-19-8-4-3-5-9-19/h3-15,18H,16H2,1-2H3,(H,25,28)(H,26,27). The van der Waals surface area contributed by atoms with Crippen molar-refractivity contribution in [3.05, 3.63) is 95.6 Å². The lowest BCUT2D eigenvalue weighted by Gasteiger charge is -2.15. The molecule has 5 nitrogen and oxygen atoms in total. The van der Waals surface area contributed by atoms with Crippen LogP contribution in [0.1, 0.15) is 28.4 Å². The number of amides is 2. The molecule has 5 heteroatoms. The van der Waals surface area contributed by atoms with Crippen LogP contribution in [0.2, 0.25) is 0 Å². The van der Waals surface area contributed by atoms with Gasteiger partial charge in [0.25, 0.3) is 5.91 Å². The Bertz CT molecular complexity index is 969. The van der Waals surface area contributed by atoms with E-state index in [-0.39, 0.29) is 11.8 Å². The fraction of sp³-hybridized carbons (Fsp3) is 0.167. The maximum atomic E-state index is 12.4. The van der Waals surface area contributed by atoms with Crippen LogP contribution in [0.15, 0.2) is 78.9 Å². The summed E-state index contributed by atoms with van der Waals surface area (Å²) in [7, 11) is 0. The van der Waals surface area contributed by atoms with Gasteiger partial charge in [-0.2, -0.15) is 0 Å². The van der Waals surface area contributed by atoms with Crippen LogP contribution in [0.5, 0.6) is 5.75 Å². The number of hydrogen-bond donors (Lipinski definition) is 2. The molecule has 1 atom stereocenters. The minimum absolute atomic E-state index is 0.277. The van der Waals surface area contributed by atoms with Gasteiger partial charge < -0.3 is 15.4 Å². The van der Waals surface area contributed by atoms with Gasteiger partial charge in [0.2, 0.25) is 5.91 Å². The van der Waals surface area contributed by atoms with Crippen LogP contribution in [0.3, 0.4) is 0 Å². The molecule has 148 valence electrons. The van der Waals surface area contributed by atoms with E-state index in [1.807, 2.05) is 49.4 Å². The van der Waals surface area contributed by atoms with Crippen molar-refractivity contribution in [2.75, 3.05) is 5.32 Å². The summed E-state index contributed by atoms with van der Waals surface area (Å²) >= 11 is 0. The molecule has 2 N–H and O–H groups in total. The molecule has 0 spiro atoms. The molecule has 0 fully saturated rings. The number of benzene rings is 3. The Morgan fingerprint density at radius 2 is 1.66 bits per heavy atom. The van der Waals surface area contributed by atoms with Gasteiger partial charge in [0.05, 0.1) is 0 Å². The Morgan fingerprint density at radius 1 is 0.931 bits per heavy atom. The number of anilines is 1. The zero-order valence-corrected chi connectivity index (χ0v) is 16.5. The van der Waals surface area contributed by atoms with Crippen molar-refractivity contribution in [3.8, 4) is 5.75 Å². The van der Waals surface area contributed by atoms with Gasteiger partial charge >= 0.3 is 0 Å². The molecule has 0 heterocycles. The van der Waals surface area contributed by atoms with Gasteiger partial charge in [-0.05, 0) is 55.8 Å². The van der Waals surface area contributed by atoms with Crippen LogP contribution in [-0.2, 0) is 11.4 Å². The maximum Gasteiger partial charge on any atom is 0.251 e. The molecule has 1 unspecified atom stereocenters. The molecule has 2 amide bonds. The molecular formula is C24H24N2O3. The highest BCUT2D eigenvalue weighted by Crippen LogP contribution is 2.17. The summed E-state index contributed by atoms with van der Waals surface area (Å²) in [5.74, 6) is 0.151. The van der Waals surface area contributed by atoms with Crippen molar-refractivity contribution in [2.45, 2.75) is 26.5 Å². The summed E-state index contributed by atoms with van der Waals surface area (Å²) in [4.78, 5) is 24.7. The molecule has 3 aromatic carbocycles. The van der Waals surface area contributed by atoms with E-state index in [0.29, 0.717) is 23.6 Å². The normalized spacial score (nSPS) is 11.4. The fourth-order valence-corrected chi connectivity index (χ4v) is 2.76. The van der Waals surface area contributed by atoms with Crippen molar-refractivity contribution in [1.29, 1.82) is 0 Å². The molecule has 29 heavy (non-hydrogen) atoms. The van der Waals surface area contributed by atoms with E-state index in [0.717, 1.165) is 11.1 Å². The zero-order chi connectivity index (χ0) is 20.6. The van der Waals surface area contributed by atoms with Crippen molar-refractivity contribution >= 4 is 17.5 Å². The molecular weight excluding hydrogens is 364 g/mol. The van der Waals surface area contributed by atoms with Crippen LogP contribution in [-0.4, -0.2) is 17.9 Å². The Hall–Kier alpha value is -3.60. The molecule has 0 aliphatic heterocycles. The number of carbonyl (C=O) groups excluding carboxylic acids is 2. The highest BCUT2D eigenvalue weighted by Gasteiger charge is 2.16. The van der Waals surface area contributed by atoms with Crippen LogP contribution in [0, 0.1) is 6.92 Å². The average molecular weight is 388 g/mol. The van der Waals surface area contributed by atoms with Gasteiger partial charge in [-0.1, -0.05) is 48.0 Å². The largest absolute Gasteiger partial charge is 0.489 e. The summed E-state index contributed by atoms with van der Waals surface area (Å²) < 4.78 is 5.74. The predicted octanol–water partition coefficient (Wildman–Crippen LogP) is 4.33.